The molecule has 0 aliphatic carbocycles. The molecule has 0 radical (unpaired) electrons. The maximum Gasteiger partial charge on any atom is 0.309 e. The average Bonchev–Trinajstić information content (AvgIpc) is 2.23. The van der Waals surface area contributed by atoms with E-state index in [0.717, 1.165) is 19.6 Å². The van der Waals surface area contributed by atoms with E-state index in [1.165, 1.54) is 6.42 Å². The summed E-state index contributed by atoms with van der Waals surface area (Å²) in [6.45, 7) is 13.1. The Labute approximate surface area is 99.8 Å². The molecular weight excluding hydrogens is 202 g/mol. The third-order valence-electron chi connectivity index (χ3n) is 3.35. The lowest BCUT2D eigenvalue weighted by atomic mass is 9.89. The molecule has 1 N–H and O–H groups in total. The molecule has 96 valence electrons. The Bertz CT molecular complexity index is 214. The van der Waals surface area contributed by atoms with Crippen LogP contribution in [0, 0.1) is 11.3 Å². The summed E-state index contributed by atoms with van der Waals surface area (Å²) in [6, 6.07) is 0. The fraction of sp³-hybridized carbons (Fsp3) is 0.923. The Balaban J connectivity index is 4.09. The van der Waals surface area contributed by atoms with Gasteiger partial charge in [-0.2, -0.15) is 0 Å². The number of hydrogen-bond acceptors (Lipinski definition) is 2. The lowest BCUT2D eigenvalue weighted by Gasteiger charge is -2.27. The van der Waals surface area contributed by atoms with Gasteiger partial charge < -0.3 is 10.0 Å². The van der Waals surface area contributed by atoms with Crippen LogP contribution in [0.3, 0.4) is 0 Å². The topological polar surface area (TPSA) is 40.5 Å². The Morgan fingerprint density at radius 2 is 1.94 bits per heavy atom. The van der Waals surface area contributed by atoms with Crippen LogP contribution in [0.1, 0.15) is 47.5 Å². The lowest BCUT2D eigenvalue weighted by Crippen LogP contribution is -2.34. The monoisotopic (exact) mass is 229 g/mol. The summed E-state index contributed by atoms with van der Waals surface area (Å²) in [7, 11) is 0. The Morgan fingerprint density at radius 3 is 2.31 bits per heavy atom. The molecule has 0 aromatic heterocycles. The number of carboxylic acid groups (broad SMARTS) is 1. The summed E-state index contributed by atoms with van der Waals surface area (Å²) in [6.07, 6.45) is 1.89. The van der Waals surface area contributed by atoms with Crippen molar-refractivity contribution in [2.75, 3.05) is 19.6 Å². The van der Waals surface area contributed by atoms with Crippen LogP contribution < -0.4 is 0 Å². The fourth-order valence-electron chi connectivity index (χ4n) is 1.49. The maximum atomic E-state index is 11.0. The predicted molar refractivity (Wildman–Crippen MR) is 67.6 cm³/mol. The smallest absolute Gasteiger partial charge is 0.309 e. The van der Waals surface area contributed by atoms with Gasteiger partial charge in [0.25, 0.3) is 0 Å². The molecule has 0 amide bonds. The summed E-state index contributed by atoms with van der Waals surface area (Å²) in [5.41, 5.74) is -0.608. The van der Waals surface area contributed by atoms with Crippen LogP contribution in [0.4, 0.5) is 0 Å². The van der Waals surface area contributed by atoms with Gasteiger partial charge in [-0.1, -0.05) is 27.2 Å². The molecule has 0 heterocycles. The second-order valence-electron chi connectivity index (χ2n) is 5.35. The van der Waals surface area contributed by atoms with E-state index in [9.17, 15) is 4.79 Å². The molecule has 0 spiro atoms. The number of rotatable bonds is 8. The molecule has 0 aliphatic rings. The van der Waals surface area contributed by atoms with E-state index in [2.05, 4.69) is 25.7 Å². The van der Waals surface area contributed by atoms with Crippen molar-refractivity contribution in [1.82, 2.24) is 4.90 Å². The summed E-state index contributed by atoms with van der Waals surface area (Å²) in [4.78, 5) is 13.3. The zero-order valence-electron chi connectivity index (χ0n) is 11.4. The molecule has 0 aliphatic heterocycles. The zero-order valence-corrected chi connectivity index (χ0v) is 11.4. The van der Waals surface area contributed by atoms with Crippen LogP contribution >= 0.6 is 0 Å². The standard InChI is InChI=1S/C13H27NO2/c1-6-11(3)10-14(7-2)9-8-13(4,5)12(15)16/h11H,6-10H2,1-5H3,(H,15,16). The van der Waals surface area contributed by atoms with Crippen LogP contribution in [0.2, 0.25) is 0 Å². The first-order chi connectivity index (χ1) is 7.33. The lowest BCUT2D eigenvalue weighted by molar-refractivity contribution is -0.147. The number of nitrogens with zero attached hydrogens (tertiary/aromatic N) is 1. The van der Waals surface area contributed by atoms with Crippen molar-refractivity contribution < 1.29 is 9.90 Å². The highest BCUT2D eigenvalue weighted by Gasteiger charge is 2.27. The molecule has 1 unspecified atom stereocenters. The minimum absolute atomic E-state index is 0.608. The molecule has 0 bridgehead atoms. The molecule has 0 aromatic rings. The predicted octanol–water partition coefficient (Wildman–Crippen LogP) is 2.86. The molecule has 0 rings (SSSR count). The molecule has 0 aromatic carbocycles. The van der Waals surface area contributed by atoms with Gasteiger partial charge in [0.05, 0.1) is 5.41 Å². The van der Waals surface area contributed by atoms with Crippen molar-refractivity contribution >= 4 is 5.97 Å². The van der Waals surface area contributed by atoms with E-state index in [0.29, 0.717) is 12.3 Å². The highest BCUT2D eigenvalue weighted by atomic mass is 16.4. The zero-order chi connectivity index (χ0) is 12.8. The molecule has 0 fully saturated rings. The summed E-state index contributed by atoms with van der Waals surface area (Å²) in [5.74, 6) is -0.0139. The van der Waals surface area contributed by atoms with Gasteiger partial charge in [-0.15, -0.1) is 0 Å². The first-order valence-electron chi connectivity index (χ1n) is 6.29. The number of carbonyl (C=O) groups is 1. The van der Waals surface area contributed by atoms with Crippen LogP contribution in [0.25, 0.3) is 0 Å². The van der Waals surface area contributed by atoms with Gasteiger partial charge >= 0.3 is 5.97 Å². The molecule has 3 heteroatoms. The van der Waals surface area contributed by atoms with Gasteiger partial charge in [0.2, 0.25) is 0 Å². The molecule has 0 saturated heterocycles. The van der Waals surface area contributed by atoms with Gasteiger partial charge in [-0.3, -0.25) is 4.79 Å². The van der Waals surface area contributed by atoms with Crippen molar-refractivity contribution in [3.05, 3.63) is 0 Å². The van der Waals surface area contributed by atoms with E-state index < -0.39 is 11.4 Å². The summed E-state index contributed by atoms with van der Waals surface area (Å²) >= 11 is 0. The fourth-order valence-corrected chi connectivity index (χ4v) is 1.49. The number of carboxylic acids is 1. The van der Waals surface area contributed by atoms with Gasteiger partial charge in [0, 0.05) is 6.54 Å². The van der Waals surface area contributed by atoms with Crippen LogP contribution in [-0.4, -0.2) is 35.6 Å². The Hall–Kier alpha value is -0.570. The van der Waals surface area contributed by atoms with Gasteiger partial charge in [-0.05, 0) is 39.3 Å². The summed E-state index contributed by atoms with van der Waals surface area (Å²) < 4.78 is 0. The van der Waals surface area contributed by atoms with Crippen molar-refractivity contribution in [2.24, 2.45) is 11.3 Å². The van der Waals surface area contributed by atoms with E-state index in [4.69, 9.17) is 5.11 Å². The second-order valence-corrected chi connectivity index (χ2v) is 5.35. The number of hydrogen-bond donors (Lipinski definition) is 1. The molecule has 1 atom stereocenters. The number of aliphatic carboxylic acids is 1. The minimum Gasteiger partial charge on any atom is -0.481 e. The third-order valence-corrected chi connectivity index (χ3v) is 3.35. The molecule has 0 saturated carbocycles. The van der Waals surface area contributed by atoms with Crippen molar-refractivity contribution in [3.8, 4) is 0 Å². The highest BCUT2D eigenvalue weighted by Crippen LogP contribution is 2.21. The normalized spacial score (nSPS) is 14.1. The van der Waals surface area contributed by atoms with E-state index in [1.54, 1.807) is 13.8 Å². The van der Waals surface area contributed by atoms with Crippen LogP contribution in [0.5, 0.6) is 0 Å². The first-order valence-corrected chi connectivity index (χ1v) is 6.29. The van der Waals surface area contributed by atoms with Crippen molar-refractivity contribution in [1.29, 1.82) is 0 Å². The minimum atomic E-state index is -0.702. The third kappa shape index (κ3) is 5.50. The van der Waals surface area contributed by atoms with E-state index in [-0.39, 0.29) is 0 Å². The SMILES string of the molecule is CCC(C)CN(CC)CCC(C)(C)C(=O)O. The van der Waals surface area contributed by atoms with Gasteiger partial charge in [0.15, 0.2) is 0 Å². The molecular formula is C13H27NO2. The van der Waals surface area contributed by atoms with Crippen molar-refractivity contribution in [3.63, 3.8) is 0 Å². The van der Waals surface area contributed by atoms with Crippen LogP contribution in [0.15, 0.2) is 0 Å². The molecule has 16 heavy (non-hydrogen) atoms. The first kappa shape index (κ1) is 15.4. The van der Waals surface area contributed by atoms with E-state index in [1.807, 2.05) is 0 Å². The summed E-state index contributed by atoms with van der Waals surface area (Å²) in [5, 5.41) is 9.04. The van der Waals surface area contributed by atoms with Crippen LogP contribution in [-0.2, 0) is 4.79 Å². The maximum absolute atomic E-state index is 11.0. The van der Waals surface area contributed by atoms with Crippen molar-refractivity contribution in [2.45, 2.75) is 47.5 Å². The van der Waals surface area contributed by atoms with Gasteiger partial charge in [0.1, 0.15) is 0 Å². The quantitative estimate of drug-likeness (QED) is 0.695. The Kier molecular flexibility index (Phi) is 6.65. The molecule has 3 nitrogen and oxygen atoms in total. The van der Waals surface area contributed by atoms with E-state index >= 15 is 0 Å². The Morgan fingerprint density at radius 1 is 1.38 bits per heavy atom. The van der Waals surface area contributed by atoms with Gasteiger partial charge in [-0.25, -0.2) is 0 Å². The highest BCUT2D eigenvalue weighted by molar-refractivity contribution is 5.73. The second kappa shape index (κ2) is 6.89. The average molecular weight is 229 g/mol. The largest absolute Gasteiger partial charge is 0.481 e.